The van der Waals surface area contributed by atoms with Crippen molar-refractivity contribution in [1.82, 2.24) is 0 Å². The smallest absolute Gasteiger partial charge is 0.151 e. The van der Waals surface area contributed by atoms with Gasteiger partial charge in [-0.05, 0) is 79.6 Å². The summed E-state index contributed by atoms with van der Waals surface area (Å²) >= 11 is 4.43. The Hall–Kier alpha value is -2.60. The Balaban J connectivity index is 1.57. The molecule has 0 radical (unpaired) electrons. The second-order valence-corrected chi connectivity index (χ2v) is 7.28. The van der Waals surface area contributed by atoms with Crippen molar-refractivity contribution in [3.63, 3.8) is 0 Å². The van der Waals surface area contributed by atoms with E-state index in [4.69, 9.17) is 0 Å². The summed E-state index contributed by atoms with van der Waals surface area (Å²) in [5, 5.41) is 2.04. The molecule has 0 aliphatic heterocycles. The molecule has 4 rings (SSSR count). The van der Waals surface area contributed by atoms with Crippen molar-refractivity contribution in [3.05, 3.63) is 69.8 Å². The second kappa shape index (κ2) is 7.56. The van der Waals surface area contributed by atoms with Crippen LogP contribution in [0.1, 0.15) is 47.9 Å². The minimum Gasteiger partial charge on any atom is -0.206 e. The zero-order valence-electron chi connectivity index (χ0n) is 14.7. The van der Waals surface area contributed by atoms with Crippen molar-refractivity contribution < 1.29 is 8.78 Å². The van der Waals surface area contributed by atoms with Crippen LogP contribution in [0.2, 0.25) is 0 Å². The first-order chi connectivity index (χ1) is 13.1. The van der Waals surface area contributed by atoms with Crippen molar-refractivity contribution in [2.75, 3.05) is 0 Å². The highest BCUT2D eigenvalue weighted by Gasteiger charge is 2.23. The first-order valence-corrected chi connectivity index (χ1v) is 9.44. The number of nitrogens with zero attached hydrogens (tertiary/aromatic N) is 1. The van der Waals surface area contributed by atoms with E-state index in [1.165, 1.54) is 30.4 Å². The lowest BCUT2D eigenvalue weighted by molar-refractivity contribution is 0.599. The van der Waals surface area contributed by atoms with E-state index in [1.807, 2.05) is 17.3 Å². The summed E-state index contributed by atoms with van der Waals surface area (Å²) in [5.41, 5.74) is 4.69. The highest BCUT2D eigenvalue weighted by molar-refractivity contribution is 7.78. The zero-order valence-corrected chi connectivity index (χ0v) is 15.5. The van der Waals surface area contributed by atoms with E-state index in [-0.39, 0.29) is 11.3 Å². The fourth-order valence-electron chi connectivity index (χ4n) is 3.39. The van der Waals surface area contributed by atoms with Gasteiger partial charge in [0.15, 0.2) is 5.82 Å². The predicted octanol–water partition coefficient (Wildman–Crippen LogP) is 6.23. The predicted molar refractivity (Wildman–Crippen MR) is 107 cm³/mol. The third-order valence-corrected chi connectivity index (χ3v) is 5.10. The van der Waals surface area contributed by atoms with Crippen molar-refractivity contribution in [2.24, 2.45) is 10.9 Å². The summed E-state index contributed by atoms with van der Waals surface area (Å²) in [5.74, 6) is 5.27. The summed E-state index contributed by atoms with van der Waals surface area (Å²) in [7, 11) is 0. The SMILES string of the molecule is Fc1cc(N=C=S)c(F)cc1C#Cc1ccc2c(c1)CCC(CC1CC1)=C2. The van der Waals surface area contributed by atoms with Gasteiger partial charge in [0.1, 0.15) is 11.5 Å². The Morgan fingerprint density at radius 2 is 1.89 bits per heavy atom. The van der Waals surface area contributed by atoms with Crippen molar-refractivity contribution in [3.8, 4) is 11.8 Å². The molecule has 2 aromatic rings. The van der Waals surface area contributed by atoms with E-state index in [0.29, 0.717) is 0 Å². The quantitative estimate of drug-likeness (QED) is 0.351. The lowest BCUT2D eigenvalue weighted by Gasteiger charge is -2.16. The normalized spacial score (nSPS) is 15.1. The number of fused-ring (bicyclic) bond motifs is 1. The highest BCUT2D eigenvalue weighted by atomic mass is 32.1. The van der Waals surface area contributed by atoms with E-state index >= 15 is 0 Å². The molecule has 2 aliphatic carbocycles. The average Bonchev–Trinajstić information content (AvgIpc) is 3.47. The number of allylic oxidation sites excluding steroid dienone is 1. The van der Waals surface area contributed by atoms with E-state index in [0.717, 1.165) is 36.5 Å². The van der Waals surface area contributed by atoms with Crippen LogP contribution in [0.15, 0.2) is 40.9 Å². The van der Waals surface area contributed by atoms with Gasteiger partial charge in [-0.2, -0.15) is 4.99 Å². The molecule has 0 aromatic heterocycles. The number of hydrogen-bond acceptors (Lipinski definition) is 2. The number of thiocarbonyl (C=S) groups is 1. The van der Waals surface area contributed by atoms with Crippen molar-refractivity contribution in [2.45, 2.75) is 32.1 Å². The van der Waals surface area contributed by atoms with Gasteiger partial charge in [-0.3, -0.25) is 0 Å². The molecule has 134 valence electrons. The molecule has 0 heterocycles. The van der Waals surface area contributed by atoms with Crippen LogP contribution < -0.4 is 0 Å². The number of hydrogen-bond donors (Lipinski definition) is 0. The molecule has 0 bridgehead atoms. The van der Waals surface area contributed by atoms with Crippen LogP contribution in [0.5, 0.6) is 0 Å². The van der Waals surface area contributed by atoms with E-state index in [2.05, 4.69) is 41.2 Å². The Morgan fingerprint density at radius 3 is 2.67 bits per heavy atom. The van der Waals surface area contributed by atoms with Crippen LogP contribution >= 0.6 is 12.2 Å². The Bertz CT molecular complexity index is 1050. The van der Waals surface area contributed by atoms with E-state index < -0.39 is 11.6 Å². The summed E-state index contributed by atoms with van der Waals surface area (Å²) in [6.07, 6.45) is 8.39. The van der Waals surface area contributed by atoms with Crippen LogP contribution in [-0.2, 0) is 6.42 Å². The third kappa shape index (κ3) is 4.22. The third-order valence-electron chi connectivity index (χ3n) is 5.01. The summed E-state index contributed by atoms with van der Waals surface area (Å²) in [4.78, 5) is 3.50. The Kier molecular flexibility index (Phi) is 4.99. The highest BCUT2D eigenvalue weighted by Crippen LogP contribution is 2.38. The minimum atomic E-state index is -0.670. The van der Waals surface area contributed by atoms with Crippen LogP contribution in [0.25, 0.3) is 6.08 Å². The molecule has 0 N–H and O–H groups in total. The van der Waals surface area contributed by atoms with Gasteiger partial charge < -0.3 is 0 Å². The van der Waals surface area contributed by atoms with Gasteiger partial charge >= 0.3 is 0 Å². The molecule has 27 heavy (non-hydrogen) atoms. The van der Waals surface area contributed by atoms with E-state index in [9.17, 15) is 8.78 Å². The molecule has 0 amide bonds. The van der Waals surface area contributed by atoms with E-state index in [1.54, 1.807) is 5.57 Å². The molecular formula is C23H17F2NS. The summed E-state index contributed by atoms with van der Waals surface area (Å²) < 4.78 is 28.0. The first kappa shape index (κ1) is 17.8. The number of halogens is 2. The van der Waals surface area contributed by atoms with Gasteiger partial charge in [-0.15, -0.1) is 0 Å². The standard InChI is InChI=1S/C23H17F2NS/c24-21-13-23(26-14-27)22(25)12-20(21)8-4-16-3-6-19-11-17(9-15-1-2-15)5-7-18(19)10-16/h3,6,10-13,15H,1-2,5,7,9H2. The van der Waals surface area contributed by atoms with Crippen LogP contribution in [0.4, 0.5) is 14.5 Å². The first-order valence-electron chi connectivity index (χ1n) is 9.03. The maximum absolute atomic E-state index is 14.1. The fraction of sp³-hybridized carbons (Fsp3) is 0.261. The monoisotopic (exact) mass is 377 g/mol. The van der Waals surface area contributed by atoms with Crippen LogP contribution in [0, 0.1) is 29.4 Å². The molecule has 1 fully saturated rings. The molecule has 1 saturated carbocycles. The van der Waals surface area contributed by atoms with Crippen LogP contribution in [-0.4, -0.2) is 5.16 Å². The second-order valence-electron chi connectivity index (χ2n) is 7.10. The fourth-order valence-corrected chi connectivity index (χ4v) is 3.49. The number of aliphatic imine (C=N–C) groups is 1. The maximum Gasteiger partial charge on any atom is 0.151 e. The largest absolute Gasteiger partial charge is 0.206 e. The summed E-state index contributed by atoms with van der Waals surface area (Å²) in [6, 6.07) is 8.07. The molecule has 4 heteroatoms. The molecule has 0 atom stereocenters. The maximum atomic E-state index is 14.1. The number of benzene rings is 2. The van der Waals surface area contributed by atoms with Gasteiger partial charge in [0.2, 0.25) is 0 Å². The Morgan fingerprint density at radius 1 is 1.04 bits per heavy atom. The van der Waals surface area contributed by atoms with Crippen molar-refractivity contribution in [1.29, 1.82) is 0 Å². The van der Waals surface area contributed by atoms with Gasteiger partial charge in [0.25, 0.3) is 0 Å². The molecule has 0 saturated heterocycles. The molecule has 2 aromatic carbocycles. The number of aryl methyl sites for hydroxylation is 1. The number of isothiocyanates is 1. The van der Waals surface area contributed by atoms with Gasteiger partial charge in [-0.1, -0.05) is 29.6 Å². The van der Waals surface area contributed by atoms with Gasteiger partial charge in [0, 0.05) is 11.6 Å². The zero-order chi connectivity index (χ0) is 18.8. The average molecular weight is 377 g/mol. The summed E-state index contributed by atoms with van der Waals surface area (Å²) in [6.45, 7) is 0. The molecular weight excluding hydrogens is 360 g/mol. The minimum absolute atomic E-state index is 0.000143. The lowest BCUT2D eigenvalue weighted by atomic mass is 9.89. The molecule has 1 nitrogen and oxygen atoms in total. The Labute approximate surface area is 162 Å². The topological polar surface area (TPSA) is 12.4 Å². The van der Waals surface area contributed by atoms with Gasteiger partial charge in [-0.25, -0.2) is 8.78 Å². The number of rotatable bonds is 3. The molecule has 0 spiro atoms. The molecule has 2 aliphatic rings. The molecule has 0 unspecified atom stereocenters. The lowest BCUT2D eigenvalue weighted by Crippen LogP contribution is -2.00. The van der Waals surface area contributed by atoms with Gasteiger partial charge in [0.05, 0.1) is 10.7 Å². The van der Waals surface area contributed by atoms with Crippen molar-refractivity contribution >= 4 is 29.1 Å². The van der Waals surface area contributed by atoms with Crippen LogP contribution in [0.3, 0.4) is 0 Å².